The van der Waals surface area contributed by atoms with Crippen molar-refractivity contribution in [2.24, 2.45) is 0 Å². The van der Waals surface area contributed by atoms with Crippen LogP contribution < -0.4 is 0 Å². The summed E-state index contributed by atoms with van der Waals surface area (Å²) in [6.45, 7) is 6.93. The molecule has 0 N–H and O–H groups in total. The predicted molar refractivity (Wildman–Crippen MR) is 64.4 cm³/mol. The topological polar surface area (TPSA) is 46.3 Å². The minimum absolute atomic E-state index is 0.119. The van der Waals surface area contributed by atoms with Gasteiger partial charge in [0.2, 0.25) is 0 Å². The van der Waals surface area contributed by atoms with E-state index in [2.05, 4.69) is 11.7 Å². The zero-order valence-corrected chi connectivity index (χ0v) is 10.6. The van der Waals surface area contributed by atoms with E-state index in [-0.39, 0.29) is 12.6 Å². The van der Waals surface area contributed by atoms with E-state index in [0.717, 1.165) is 18.6 Å². The van der Waals surface area contributed by atoms with Crippen LogP contribution in [0.1, 0.15) is 44.1 Å². The molecule has 2 rings (SSSR count). The monoisotopic (exact) mass is 252 g/mol. The van der Waals surface area contributed by atoms with Gasteiger partial charge in [-0.2, -0.15) is 0 Å². The third kappa shape index (κ3) is 2.78. The third-order valence-electron chi connectivity index (χ3n) is 3.01. The Morgan fingerprint density at radius 3 is 2.83 bits per heavy atom. The molecule has 1 fully saturated rings. The van der Waals surface area contributed by atoms with Crippen LogP contribution >= 0.6 is 0 Å². The summed E-state index contributed by atoms with van der Waals surface area (Å²) in [7, 11) is 0. The molecule has 0 bridgehead atoms. The summed E-state index contributed by atoms with van der Waals surface area (Å²) in [5, 5.41) is 3.92. The Morgan fingerprint density at radius 1 is 1.67 bits per heavy atom. The number of aromatic nitrogens is 1. The maximum atomic E-state index is 12.9. The maximum absolute atomic E-state index is 12.9. The first kappa shape index (κ1) is 12.8. The zero-order chi connectivity index (χ0) is 13.3. The van der Waals surface area contributed by atoms with Crippen molar-refractivity contribution in [3.63, 3.8) is 0 Å². The number of rotatable bonds is 5. The third-order valence-corrected chi connectivity index (χ3v) is 3.01. The second-order valence-corrected chi connectivity index (χ2v) is 4.93. The van der Waals surface area contributed by atoms with Gasteiger partial charge in [-0.15, -0.1) is 0 Å². The zero-order valence-electron chi connectivity index (χ0n) is 10.6. The number of halogens is 1. The molecule has 0 saturated heterocycles. The van der Waals surface area contributed by atoms with Gasteiger partial charge in [0, 0.05) is 18.0 Å². The normalized spacial score (nSPS) is 14.9. The van der Waals surface area contributed by atoms with E-state index >= 15 is 0 Å². The van der Waals surface area contributed by atoms with Gasteiger partial charge in [0.05, 0.1) is 6.54 Å². The Morgan fingerprint density at radius 2 is 2.33 bits per heavy atom. The summed E-state index contributed by atoms with van der Waals surface area (Å²) < 4.78 is 18.1. The van der Waals surface area contributed by atoms with Gasteiger partial charge in [-0.1, -0.05) is 11.7 Å². The Kier molecular flexibility index (Phi) is 3.50. The van der Waals surface area contributed by atoms with Gasteiger partial charge in [0.1, 0.15) is 11.5 Å². The smallest absolute Gasteiger partial charge is 0.282 e. The van der Waals surface area contributed by atoms with Gasteiger partial charge < -0.3 is 9.42 Å². The summed E-state index contributed by atoms with van der Waals surface area (Å²) in [5.41, 5.74) is 0.653. The van der Waals surface area contributed by atoms with Crippen LogP contribution in [0.2, 0.25) is 0 Å². The molecule has 0 aromatic carbocycles. The largest absolute Gasteiger partial charge is 0.361 e. The van der Waals surface area contributed by atoms with E-state index in [1.165, 1.54) is 4.90 Å². The summed E-state index contributed by atoms with van der Waals surface area (Å²) >= 11 is 0. The number of amides is 1. The van der Waals surface area contributed by atoms with Gasteiger partial charge in [-0.05, 0) is 26.7 Å². The summed E-state index contributed by atoms with van der Waals surface area (Å²) in [6, 6.07) is 1.73. The fraction of sp³-hybridized carbons (Fsp3) is 0.538. The first-order valence-corrected chi connectivity index (χ1v) is 6.10. The molecule has 18 heavy (non-hydrogen) atoms. The number of hydrogen-bond acceptors (Lipinski definition) is 3. The van der Waals surface area contributed by atoms with E-state index < -0.39 is 11.7 Å². The predicted octanol–water partition coefficient (Wildman–Crippen LogP) is 2.77. The highest BCUT2D eigenvalue weighted by molar-refractivity contribution is 5.90. The Labute approximate surface area is 105 Å². The van der Waals surface area contributed by atoms with Gasteiger partial charge in [0.15, 0.2) is 5.83 Å². The van der Waals surface area contributed by atoms with Crippen molar-refractivity contribution in [1.29, 1.82) is 0 Å². The highest BCUT2D eigenvalue weighted by atomic mass is 19.1. The van der Waals surface area contributed by atoms with Crippen LogP contribution in [0.25, 0.3) is 0 Å². The van der Waals surface area contributed by atoms with Crippen molar-refractivity contribution in [1.82, 2.24) is 10.1 Å². The van der Waals surface area contributed by atoms with Crippen molar-refractivity contribution in [2.75, 3.05) is 0 Å². The highest BCUT2D eigenvalue weighted by Gasteiger charge is 2.29. The lowest BCUT2D eigenvalue weighted by Crippen LogP contribution is -2.36. The minimum Gasteiger partial charge on any atom is -0.361 e. The molecule has 0 spiro atoms. The highest BCUT2D eigenvalue weighted by Crippen LogP contribution is 2.40. The number of carbonyl (C=O) groups excluding carboxylic acids is 1. The summed E-state index contributed by atoms with van der Waals surface area (Å²) in [4.78, 5) is 13.0. The molecule has 1 heterocycles. The van der Waals surface area contributed by atoms with Crippen LogP contribution in [0.5, 0.6) is 0 Å². The molecule has 1 aromatic rings. The Balaban J connectivity index is 2.07. The van der Waals surface area contributed by atoms with E-state index in [0.29, 0.717) is 11.6 Å². The Hall–Kier alpha value is -1.65. The minimum atomic E-state index is -0.949. The lowest BCUT2D eigenvalue weighted by atomic mass is 10.2. The average molecular weight is 252 g/mol. The van der Waals surface area contributed by atoms with Crippen LogP contribution in [0.15, 0.2) is 23.0 Å². The quantitative estimate of drug-likeness (QED) is 0.757. The molecule has 1 amide bonds. The molecule has 1 aliphatic carbocycles. The van der Waals surface area contributed by atoms with Crippen LogP contribution in [-0.4, -0.2) is 22.0 Å². The Bertz CT molecular complexity index is 463. The molecule has 0 radical (unpaired) electrons. The summed E-state index contributed by atoms with van der Waals surface area (Å²) in [5.74, 6) is -0.304. The number of nitrogens with zero attached hydrogens (tertiary/aromatic N) is 2. The molecule has 0 atom stereocenters. The molecule has 4 nitrogen and oxygen atoms in total. The van der Waals surface area contributed by atoms with Crippen molar-refractivity contribution in [3.8, 4) is 0 Å². The van der Waals surface area contributed by atoms with Gasteiger partial charge in [0.25, 0.3) is 5.91 Å². The maximum Gasteiger partial charge on any atom is 0.282 e. The first-order valence-electron chi connectivity index (χ1n) is 6.10. The van der Waals surface area contributed by atoms with Crippen molar-refractivity contribution >= 4 is 5.91 Å². The molecule has 1 aromatic heterocycles. The van der Waals surface area contributed by atoms with Crippen molar-refractivity contribution in [2.45, 2.75) is 45.2 Å². The molecular weight excluding hydrogens is 235 g/mol. The molecule has 98 valence electrons. The van der Waals surface area contributed by atoms with Gasteiger partial charge in [-0.25, -0.2) is 4.39 Å². The van der Waals surface area contributed by atoms with Crippen LogP contribution in [-0.2, 0) is 11.3 Å². The van der Waals surface area contributed by atoms with E-state index in [9.17, 15) is 9.18 Å². The van der Waals surface area contributed by atoms with Crippen molar-refractivity contribution in [3.05, 3.63) is 29.9 Å². The molecule has 1 aliphatic rings. The standard InChI is InChI=1S/C13H17FN2O2/c1-8(2)16(13(17)9(3)14)7-11-6-12(18-15-11)10-4-5-10/h6,8,10H,3-5,7H2,1-2H3. The van der Waals surface area contributed by atoms with E-state index in [1.54, 1.807) is 0 Å². The van der Waals surface area contributed by atoms with Gasteiger partial charge >= 0.3 is 0 Å². The second kappa shape index (κ2) is 4.92. The molecule has 0 aliphatic heterocycles. The second-order valence-electron chi connectivity index (χ2n) is 4.93. The summed E-state index contributed by atoms with van der Waals surface area (Å²) in [6.07, 6.45) is 2.26. The first-order chi connectivity index (χ1) is 8.49. The van der Waals surface area contributed by atoms with Crippen LogP contribution in [0.3, 0.4) is 0 Å². The molecule has 0 unspecified atom stereocenters. The number of hydrogen-bond donors (Lipinski definition) is 0. The average Bonchev–Trinajstić information content (AvgIpc) is 3.05. The molecular formula is C13H17FN2O2. The van der Waals surface area contributed by atoms with Crippen LogP contribution in [0.4, 0.5) is 4.39 Å². The van der Waals surface area contributed by atoms with E-state index in [4.69, 9.17) is 4.52 Å². The fourth-order valence-corrected chi connectivity index (χ4v) is 1.78. The van der Waals surface area contributed by atoms with E-state index in [1.807, 2.05) is 19.9 Å². The number of carbonyl (C=O) groups is 1. The lowest BCUT2D eigenvalue weighted by Gasteiger charge is -2.24. The fourth-order valence-electron chi connectivity index (χ4n) is 1.78. The van der Waals surface area contributed by atoms with Gasteiger partial charge in [-0.3, -0.25) is 4.79 Å². The SMILES string of the molecule is C=C(F)C(=O)N(Cc1cc(C2CC2)on1)C(C)C. The lowest BCUT2D eigenvalue weighted by molar-refractivity contribution is -0.131. The van der Waals surface area contributed by atoms with Crippen molar-refractivity contribution < 1.29 is 13.7 Å². The molecule has 5 heteroatoms. The molecule has 1 saturated carbocycles. The van der Waals surface area contributed by atoms with Crippen LogP contribution in [0, 0.1) is 0 Å².